The number of amides is 1. The second-order valence-electron chi connectivity index (χ2n) is 5.52. The van der Waals surface area contributed by atoms with Gasteiger partial charge in [-0.1, -0.05) is 0 Å². The number of benzene rings is 1. The molecule has 2 heterocycles. The van der Waals surface area contributed by atoms with Crippen LogP contribution in [0.5, 0.6) is 0 Å². The van der Waals surface area contributed by atoms with E-state index in [9.17, 15) is 13.6 Å². The van der Waals surface area contributed by atoms with Gasteiger partial charge in [0.15, 0.2) is 11.6 Å². The quantitative estimate of drug-likeness (QED) is 0.942. The minimum absolute atomic E-state index is 0.0484. The van der Waals surface area contributed by atoms with Gasteiger partial charge in [0.05, 0.1) is 24.5 Å². The number of anilines is 1. The molecule has 1 amide bonds. The summed E-state index contributed by atoms with van der Waals surface area (Å²) in [5.41, 5.74) is 0.544. The Morgan fingerprint density at radius 2 is 2.22 bits per heavy atom. The molecule has 5 nitrogen and oxygen atoms in total. The fraction of sp³-hybridized carbons (Fsp3) is 0.375. The van der Waals surface area contributed by atoms with E-state index in [1.807, 2.05) is 0 Å². The van der Waals surface area contributed by atoms with Crippen LogP contribution in [0.3, 0.4) is 0 Å². The molecule has 122 valence electrons. The summed E-state index contributed by atoms with van der Waals surface area (Å²) >= 11 is 0. The molecule has 1 aliphatic rings. The van der Waals surface area contributed by atoms with Gasteiger partial charge in [-0.25, -0.2) is 8.78 Å². The number of rotatable bonds is 4. The minimum Gasteiger partial charge on any atom is -0.376 e. The Morgan fingerprint density at radius 1 is 1.35 bits per heavy atom. The molecule has 0 saturated carbocycles. The minimum atomic E-state index is -1.05. The molecule has 1 aliphatic heterocycles. The third kappa shape index (κ3) is 3.92. The fourth-order valence-corrected chi connectivity index (χ4v) is 2.53. The van der Waals surface area contributed by atoms with Gasteiger partial charge in [-0.2, -0.15) is 5.10 Å². The molecular formula is C16H17F2N3O2. The number of carbonyl (C=O) groups is 1. The van der Waals surface area contributed by atoms with E-state index in [4.69, 9.17) is 4.74 Å². The predicted octanol–water partition coefficient (Wildman–Crippen LogP) is 2.98. The highest BCUT2D eigenvalue weighted by Gasteiger charge is 2.15. The summed E-state index contributed by atoms with van der Waals surface area (Å²) < 4.78 is 33.4. The number of hydrogen-bond acceptors (Lipinski definition) is 3. The first-order valence-electron chi connectivity index (χ1n) is 7.52. The van der Waals surface area contributed by atoms with Crippen LogP contribution < -0.4 is 5.32 Å². The Balaban J connectivity index is 1.61. The lowest BCUT2D eigenvalue weighted by Crippen LogP contribution is -2.24. The van der Waals surface area contributed by atoms with E-state index in [1.165, 1.54) is 12.3 Å². The van der Waals surface area contributed by atoms with Crippen LogP contribution in [0.4, 0.5) is 14.5 Å². The maximum atomic E-state index is 13.2. The first kappa shape index (κ1) is 15.6. The van der Waals surface area contributed by atoms with Crippen molar-refractivity contribution in [3.8, 4) is 0 Å². The zero-order valence-electron chi connectivity index (χ0n) is 12.5. The number of nitrogens with one attached hydrogen (secondary N) is 1. The molecule has 3 rings (SSSR count). The molecule has 23 heavy (non-hydrogen) atoms. The summed E-state index contributed by atoms with van der Waals surface area (Å²) in [5.74, 6) is -2.55. The smallest absolute Gasteiger partial charge is 0.255 e. The summed E-state index contributed by atoms with van der Waals surface area (Å²) in [5, 5.41) is 6.79. The Labute approximate surface area is 132 Å². The van der Waals surface area contributed by atoms with Gasteiger partial charge in [-0.05, 0) is 37.5 Å². The van der Waals surface area contributed by atoms with E-state index >= 15 is 0 Å². The zero-order chi connectivity index (χ0) is 16.2. The van der Waals surface area contributed by atoms with Crippen LogP contribution >= 0.6 is 0 Å². The standard InChI is InChI=1S/C16H17F2N3O2/c17-14-5-4-11(7-15(14)18)16(22)20-12-8-19-21(9-12)10-13-3-1-2-6-23-13/h4-5,7-9,13H,1-3,6,10H2,(H,20,22)/t13-/m1/s1. The van der Waals surface area contributed by atoms with Crippen molar-refractivity contribution < 1.29 is 18.3 Å². The molecule has 2 aromatic rings. The van der Waals surface area contributed by atoms with Crippen LogP contribution in [0.25, 0.3) is 0 Å². The molecule has 0 aliphatic carbocycles. The van der Waals surface area contributed by atoms with Crippen molar-refractivity contribution in [1.82, 2.24) is 9.78 Å². The molecule has 0 radical (unpaired) electrons. The first-order chi connectivity index (χ1) is 11.1. The van der Waals surface area contributed by atoms with Gasteiger partial charge in [-0.3, -0.25) is 9.48 Å². The Hall–Kier alpha value is -2.28. The average Bonchev–Trinajstić information content (AvgIpc) is 2.98. The summed E-state index contributed by atoms with van der Waals surface area (Å²) in [6.07, 6.45) is 6.57. The number of aromatic nitrogens is 2. The third-order valence-electron chi connectivity index (χ3n) is 3.74. The molecular weight excluding hydrogens is 304 g/mol. The van der Waals surface area contributed by atoms with Gasteiger partial charge in [0, 0.05) is 18.4 Å². The molecule has 1 aromatic heterocycles. The average molecular weight is 321 g/mol. The van der Waals surface area contributed by atoms with Crippen molar-refractivity contribution in [2.24, 2.45) is 0 Å². The van der Waals surface area contributed by atoms with Gasteiger partial charge in [0.25, 0.3) is 5.91 Å². The number of carbonyl (C=O) groups excluding carboxylic acids is 1. The van der Waals surface area contributed by atoms with Crippen LogP contribution in [0.15, 0.2) is 30.6 Å². The van der Waals surface area contributed by atoms with Crippen LogP contribution in [-0.4, -0.2) is 28.4 Å². The van der Waals surface area contributed by atoms with E-state index in [0.717, 1.165) is 38.0 Å². The largest absolute Gasteiger partial charge is 0.376 e. The van der Waals surface area contributed by atoms with Crippen molar-refractivity contribution in [3.05, 3.63) is 47.8 Å². The van der Waals surface area contributed by atoms with Crippen molar-refractivity contribution in [1.29, 1.82) is 0 Å². The van der Waals surface area contributed by atoms with Crippen LogP contribution in [0.1, 0.15) is 29.6 Å². The lowest BCUT2D eigenvalue weighted by atomic mass is 10.1. The SMILES string of the molecule is O=C(Nc1cnn(C[C@H]2CCCCO2)c1)c1ccc(F)c(F)c1. The van der Waals surface area contributed by atoms with Crippen LogP contribution in [0, 0.1) is 11.6 Å². The summed E-state index contributed by atoms with van der Waals surface area (Å²) in [6.45, 7) is 1.40. The van der Waals surface area contributed by atoms with E-state index in [2.05, 4.69) is 10.4 Å². The third-order valence-corrected chi connectivity index (χ3v) is 3.74. The molecule has 1 N–H and O–H groups in total. The van der Waals surface area contributed by atoms with Crippen molar-refractivity contribution in [2.45, 2.75) is 31.9 Å². The monoisotopic (exact) mass is 321 g/mol. The Kier molecular flexibility index (Phi) is 4.66. The van der Waals surface area contributed by atoms with Crippen molar-refractivity contribution in [3.63, 3.8) is 0 Å². The highest BCUT2D eigenvalue weighted by Crippen LogP contribution is 2.16. The second kappa shape index (κ2) is 6.87. The van der Waals surface area contributed by atoms with Gasteiger partial charge < -0.3 is 10.1 Å². The Bertz CT molecular complexity index is 696. The molecule has 0 spiro atoms. The number of hydrogen-bond donors (Lipinski definition) is 1. The van der Waals surface area contributed by atoms with E-state index in [1.54, 1.807) is 10.9 Å². The number of halogens is 2. The Morgan fingerprint density at radius 3 is 2.96 bits per heavy atom. The molecule has 1 atom stereocenters. The highest BCUT2D eigenvalue weighted by atomic mass is 19.2. The number of nitrogens with zero attached hydrogens (tertiary/aromatic N) is 2. The predicted molar refractivity (Wildman–Crippen MR) is 80.1 cm³/mol. The van der Waals surface area contributed by atoms with Gasteiger partial charge >= 0.3 is 0 Å². The molecule has 7 heteroatoms. The topological polar surface area (TPSA) is 56.2 Å². The zero-order valence-corrected chi connectivity index (χ0v) is 12.5. The van der Waals surface area contributed by atoms with Gasteiger partial charge in [-0.15, -0.1) is 0 Å². The second-order valence-corrected chi connectivity index (χ2v) is 5.52. The van der Waals surface area contributed by atoms with Gasteiger partial charge in [0.1, 0.15) is 0 Å². The van der Waals surface area contributed by atoms with Crippen molar-refractivity contribution >= 4 is 11.6 Å². The summed E-state index contributed by atoms with van der Waals surface area (Å²) in [6, 6.07) is 3.02. The summed E-state index contributed by atoms with van der Waals surface area (Å²) in [7, 11) is 0. The first-order valence-corrected chi connectivity index (χ1v) is 7.52. The molecule has 0 unspecified atom stereocenters. The summed E-state index contributed by atoms with van der Waals surface area (Å²) in [4.78, 5) is 12.0. The fourth-order valence-electron chi connectivity index (χ4n) is 2.53. The van der Waals surface area contributed by atoms with Crippen LogP contribution in [-0.2, 0) is 11.3 Å². The normalized spacial score (nSPS) is 17.9. The maximum absolute atomic E-state index is 13.2. The highest BCUT2D eigenvalue weighted by molar-refractivity contribution is 6.04. The molecule has 1 saturated heterocycles. The maximum Gasteiger partial charge on any atom is 0.255 e. The lowest BCUT2D eigenvalue weighted by molar-refractivity contribution is 0.00401. The molecule has 0 bridgehead atoms. The molecule has 1 aromatic carbocycles. The van der Waals surface area contributed by atoms with Gasteiger partial charge in [0.2, 0.25) is 0 Å². The van der Waals surface area contributed by atoms with Crippen molar-refractivity contribution in [2.75, 3.05) is 11.9 Å². The lowest BCUT2D eigenvalue weighted by Gasteiger charge is -2.22. The van der Waals surface area contributed by atoms with E-state index < -0.39 is 17.5 Å². The van der Waals surface area contributed by atoms with E-state index in [0.29, 0.717) is 12.2 Å². The molecule has 1 fully saturated rings. The number of ether oxygens (including phenoxy) is 1. The van der Waals surface area contributed by atoms with Crippen LogP contribution in [0.2, 0.25) is 0 Å². The van der Waals surface area contributed by atoms with E-state index in [-0.39, 0.29) is 11.7 Å².